The quantitative estimate of drug-likeness (QED) is 0.446. The Morgan fingerprint density at radius 2 is 1.93 bits per heavy atom. The van der Waals surface area contributed by atoms with Crippen LogP contribution >= 0.6 is 0 Å². The molecule has 3 rings (SSSR count). The average molecular weight is 388 g/mol. The van der Waals surface area contributed by atoms with Gasteiger partial charge < -0.3 is 25.1 Å². The second-order valence-electron chi connectivity index (χ2n) is 8.19. The second kappa shape index (κ2) is 10.6. The number of aliphatic imine (C=N–C) groups is 1. The molecule has 1 atom stereocenters. The van der Waals surface area contributed by atoms with Gasteiger partial charge >= 0.3 is 0 Å². The molecule has 2 aliphatic heterocycles. The lowest BCUT2D eigenvalue weighted by Gasteiger charge is -2.37. The summed E-state index contributed by atoms with van der Waals surface area (Å²) < 4.78 is 0. The summed E-state index contributed by atoms with van der Waals surface area (Å²) in [5.74, 6) is 2.23. The van der Waals surface area contributed by atoms with E-state index < -0.39 is 0 Å². The number of hydrogen-bond acceptors (Lipinski definition) is 4. The molecular weight excluding hydrogens is 350 g/mol. The van der Waals surface area contributed by atoms with E-state index in [4.69, 9.17) is 0 Å². The maximum absolute atomic E-state index is 10.1. The monoisotopic (exact) mass is 387 g/mol. The Labute approximate surface area is 170 Å². The molecule has 0 radical (unpaired) electrons. The molecule has 2 saturated heterocycles. The van der Waals surface area contributed by atoms with Crippen molar-refractivity contribution in [2.45, 2.75) is 32.6 Å². The number of piperidine rings is 1. The van der Waals surface area contributed by atoms with Crippen LogP contribution in [-0.2, 0) is 0 Å². The minimum absolute atomic E-state index is 0.363. The summed E-state index contributed by atoms with van der Waals surface area (Å²) >= 11 is 0. The zero-order valence-corrected chi connectivity index (χ0v) is 17.6. The SMILES string of the molecule is CN=C(NCCCCN1CCCC(C)C1)N1CCN(c2ccccc2O)CC1. The van der Waals surface area contributed by atoms with Crippen LogP contribution in [0.2, 0.25) is 0 Å². The van der Waals surface area contributed by atoms with Crippen LogP contribution in [0.25, 0.3) is 0 Å². The molecule has 1 aromatic carbocycles. The molecule has 6 heteroatoms. The fourth-order valence-electron chi connectivity index (χ4n) is 4.37. The van der Waals surface area contributed by atoms with E-state index in [2.05, 4.69) is 31.9 Å². The molecule has 2 fully saturated rings. The minimum atomic E-state index is 0.363. The zero-order valence-electron chi connectivity index (χ0n) is 17.6. The summed E-state index contributed by atoms with van der Waals surface area (Å²) in [6.45, 7) is 10.8. The van der Waals surface area contributed by atoms with Gasteiger partial charge in [-0.15, -0.1) is 0 Å². The molecule has 2 aliphatic rings. The number of hydrogen-bond donors (Lipinski definition) is 2. The topological polar surface area (TPSA) is 54.3 Å². The van der Waals surface area contributed by atoms with E-state index in [1.54, 1.807) is 6.07 Å². The largest absolute Gasteiger partial charge is 0.506 e. The van der Waals surface area contributed by atoms with E-state index in [-0.39, 0.29) is 0 Å². The zero-order chi connectivity index (χ0) is 19.8. The highest BCUT2D eigenvalue weighted by Gasteiger charge is 2.21. The Morgan fingerprint density at radius 3 is 2.64 bits per heavy atom. The maximum Gasteiger partial charge on any atom is 0.193 e. The van der Waals surface area contributed by atoms with Gasteiger partial charge in [0.1, 0.15) is 5.75 Å². The molecule has 156 valence electrons. The van der Waals surface area contributed by atoms with Gasteiger partial charge in [-0.05, 0) is 56.8 Å². The number of anilines is 1. The smallest absolute Gasteiger partial charge is 0.193 e. The first-order valence-electron chi connectivity index (χ1n) is 10.9. The third-order valence-electron chi connectivity index (χ3n) is 5.94. The highest BCUT2D eigenvalue weighted by atomic mass is 16.3. The summed E-state index contributed by atoms with van der Waals surface area (Å²) in [5, 5.41) is 13.6. The Hall–Kier alpha value is -1.95. The number of benzene rings is 1. The van der Waals surface area contributed by atoms with E-state index in [0.717, 1.165) is 50.3 Å². The summed E-state index contributed by atoms with van der Waals surface area (Å²) in [6.07, 6.45) is 5.18. The Balaban J connectivity index is 1.35. The number of aromatic hydroxyl groups is 1. The molecule has 28 heavy (non-hydrogen) atoms. The number of phenols is 1. The first-order chi connectivity index (χ1) is 13.7. The normalized spacial score (nSPS) is 21.8. The van der Waals surface area contributed by atoms with Crippen molar-refractivity contribution < 1.29 is 5.11 Å². The molecule has 0 saturated carbocycles. The van der Waals surface area contributed by atoms with Gasteiger partial charge in [-0.25, -0.2) is 0 Å². The van der Waals surface area contributed by atoms with E-state index in [1.165, 1.54) is 45.3 Å². The van der Waals surface area contributed by atoms with Crippen molar-refractivity contribution in [3.63, 3.8) is 0 Å². The van der Waals surface area contributed by atoms with Gasteiger partial charge in [0.25, 0.3) is 0 Å². The highest BCUT2D eigenvalue weighted by Crippen LogP contribution is 2.27. The molecule has 0 spiro atoms. The van der Waals surface area contributed by atoms with Crippen LogP contribution in [0.5, 0.6) is 5.75 Å². The Kier molecular flexibility index (Phi) is 7.83. The number of nitrogens with one attached hydrogen (secondary N) is 1. The van der Waals surface area contributed by atoms with Gasteiger partial charge in [0, 0.05) is 46.3 Å². The third-order valence-corrected chi connectivity index (χ3v) is 5.94. The molecule has 0 aliphatic carbocycles. The fraction of sp³-hybridized carbons (Fsp3) is 0.682. The molecule has 1 unspecified atom stereocenters. The van der Waals surface area contributed by atoms with E-state index >= 15 is 0 Å². The number of phenolic OH excluding ortho intramolecular Hbond substituents is 1. The van der Waals surface area contributed by atoms with E-state index in [9.17, 15) is 5.11 Å². The lowest BCUT2D eigenvalue weighted by atomic mass is 10.0. The van der Waals surface area contributed by atoms with Crippen molar-refractivity contribution >= 4 is 11.6 Å². The average Bonchev–Trinajstić information content (AvgIpc) is 2.71. The van der Waals surface area contributed by atoms with Gasteiger partial charge in [-0.2, -0.15) is 0 Å². The number of para-hydroxylation sites is 2. The van der Waals surface area contributed by atoms with Gasteiger partial charge in [-0.1, -0.05) is 19.1 Å². The van der Waals surface area contributed by atoms with Crippen molar-refractivity contribution in [2.24, 2.45) is 10.9 Å². The molecular formula is C22H37N5O. The first-order valence-corrected chi connectivity index (χ1v) is 10.9. The number of unbranched alkanes of at least 4 members (excludes halogenated alkanes) is 1. The van der Waals surface area contributed by atoms with Crippen molar-refractivity contribution in [3.8, 4) is 5.75 Å². The van der Waals surface area contributed by atoms with Crippen LogP contribution in [0.4, 0.5) is 5.69 Å². The number of likely N-dealkylation sites (tertiary alicyclic amines) is 1. The van der Waals surface area contributed by atoms with Crippen LogP contribution in [0.3, 0.4) is 0 Å². The van der Waals surface area contributed by atoms with Crippen LogP contribution in [-0.4, -0.2) is 80.3 Å². The molecule has 6 nitrogen and oxygen atoms in total. The number of rotatable bonds is 6. The molecule has 0 bridgehead atoms. The van der Waals surface area contributed by atoms with Crippen LogP contribution in [0, 0.1) is 5.92 Å². The summed E-state index contributed by atoms with van der Waals surface area (Å²) in [6, 6.07) is 7.59. The van der Waals surface area contributed by atoms with Crippen LogP contribution in [0.1, 0.15) is 32.6 Å². The van der Waals surface area contributed by atoms with Crippen molar-refractivity contribution in [2.75, 3.05) is 64.3 Å². The second-order valence-corrected chi connectivity index (χ2v) is 8.19. The highest BCUT2D eigenvalue weighted by molar-refractivity contribution is 5.80. The predicted molar refractivity (Wildman–Crippen MR) is 117 cm³/mol. The number of nitrogens with zero attached hydrogens (tertiary/aromatic N) is 4. The number of guanidine groups is 1. The predicted octanol–water partition coefficient (Wildman–Crippen LogP) is 2.60. The standard InChI is InChI=1S/C22H37N5O/c1-19-8-7-13-25(18-19)12-6-5-11-24-22(23-2)27-16-14-26(15-17-27)20-9-3-4-10-21(20)28/h3-4,9-10,19,28H,5-8,11-18H2,1-2H3,(H,23,24). The maximum atomic E-state index is 10.1. The molecule has 2 heterocycles. The van der Waals surface area contributed by atoms with Gasteiger partial charge in [0.15, 0.2) is 5.96 Å². The Morgan fingerprint density at radius 1 is 1.14 bits per heavy atom. The summed E-state index contributed by atoms with van der Waals surface area (Å²) in [4.78, 5) is 11.7. The minimum Gasteiger partial charge on any atom is -0.506 e. The first kappa shape index (κ1) is 20.8. The Bertz CT molecular complexity index is 627. The van der Waals surface area contributed by atoms with Crippen molar-refractivity contribution in [1.82, 2.24) is 15.1 Å². The molecule has 0 amide bonds. The van der Waals surface area contributed by atoms with Crippen LogP contribution < -0.4 is 10.2 Å². The van der Waals surface area contributed by atoms with Gasteiger partial charge in [0.2, 0.25) is 0 Å². The lowest BCUT2D eigenvalue weighted by molar-refractivity contribution is 0.181. The number of piperazine rings is 1. The van der Waals surface area contributed by atoms with E-state index in [0.29, 0.717) is 5.75 Å². The van der Waals surface area contributed by atoms with Crippen molar-refractivity contribution in [1.29, 1.82) is 0 Å². The lowest BCUT2D eigenvalue weighted by Crippen LogP contribution is -2.52. The van der Waals surface area contributed by atoms with Gasteiger partial charge in [-0.3, -0.25) is 4.99 Å². The molecule has 2 N–H and O–H groups in total. The third kappa shape index (κ3) is 5.77. The fourth-order valence-corrected chi connectivity index (χ4v) is 4.37. The molecule has 0 aromatic heterocycles. The summed E-state index contributed by atoms with van der Waals surface area (Å²) in [5.41, 5.74) is 0.928. The van der Waals surface area contributed by atoms with E-state index in [1.807, 2.05) is 25.2 Å². The van der Waals surface area contributed by atoms with Crippen LogP contribution in [0.15, 0.2) is 29.3 Å². The van der Waals surface area contributed by atoms with Crippen molar-refractivity contribution in [3.05, 3.63) is 24.3 Å². The summed E-state index contributed by atoms with van der Waals surface area (Å²) in [7, 11) is 1.87. The van der Waals surface area contributed by atoms with Gasteiger partial charge in [0.05, 0.1) is 5.69 Å². The molecule has 1 aromatic rings.